The molecule has 0 saturated carbocycles. The van der Waals surface area contributed by atoms with E-state index in [0.29, 0.717) is 10.9 Å². The number of hydrogen-bond acceptors (Lipinski definition) is 6. The fraction of sp³-hybridized carbons (Fsp3) is 0.333. The first-order valence-electron chi connectivity index (χ1n) is 4.83. The standard InChI is InChI=1S/C9H10N4O2S2/c1-6-11-12-9(17-6)10-7(14)4-13-2-3-16-5-8(13)15/h2-3H,4-5H2,1H3,(H,10,12,14). The molecular weight excluding hydrogens is 260 g/mol. The minimum absolute atomic E-state index is 0.00845. The van der Waals surface area contributed by atoms with E-state index in [-0.39, 0.29) is 18.4 Å². The third-order valence-corrected chi connectivity index (χ3v) is 3.43. The van der Waals surface area contributed by atoms with Crippen molar-refractivity contribution >= 4 is 40.0 Å². The third-order valence-electron chi connectivity index (χ3n) is 1.95. The lowest BCUT2D eigenvalue weighted by molar-refractivity contribution is -0.129. The molecule has 2 heterocycles. The second-order valence-electron chi connectivity index (χ2n) is 3.29. The average molecular weight is 270 g/mol. The highest BCUT2D eigenvalue weighted by atomic mass is 32.2. The molecule has 0 radical (unpaired) electrons. The van der Waals surface area contributed by atoms with Crippen molar-refractivity contribution in [1.82, 2.24) is 15.1 Å². The number of nitrogens with zero attached hydrogens (tertiary/aromatic N) is 3. The maximum atomic E-state index is 11.6. The zero-order valence-electron chi connectivity index (χ0n) is 9.04. The molecule has 0 aliphatic carbocycles. The smallest absolute Gasteiger partial charge is 0.246 e. The largest absolute Gasteiger partial charge is 0.308 e. The fourth-order valence-electron chi connectivity index (χ4n) is 1.20. The van der Waals surface area contributed by atoms with E-state index < -0.39 is 0 Å². The van der Waals surface area contributed by atoms with E-state index in [2.05, 4.69) is 15.5 Å². The molecule has 6 nitrogen and oxygen atoms in total. The second-order valence-corrected chi connectivity index (χ2v) is 5.37. The fourth-order valence-corrected chi connectivity index (χ4v) is 2.45. The summed E-state index contributed by atoms with van der Waals surface area (Å²) in [5, 5.41) is 13.2. The van der Waals surface area contributed by atoms with Gasteiger partial charge in [0, 0.05) is 6.20 Å². The number of nitrogens with one attached hydrogen (secondary N) is 1. The maximum Gasteiger partial charge on any atom is 0.246 e. The number of carbonyl (C=O) groups excluding carboxylic acids is 2. The van der Waals surface area contributed by atoms with Crippen LogP contribution in [-0.2, 0) is 9.59 Å². The van der Waals surface area contributed by atoms with Gasteiger partial charge in [0.25, 0.3) is 0 Å². The Morgan fingerprint density at radius 2 is 2.41 bits per heavy atom. The number of thioether (sulfide) groups is 1. The Morgan fingerprint density at radius 3 is 3.06 bits per heavy atom. The predicted molar refractivity (Wildman–Crippen MR) is 66.6 cm³/mol. The van der Waals surface area contributed by atoms with Crippen LogP contribution in [0.25, 0.3) is 0 Å². The number of aryl methyl sites for hydroxylation is 1. The average Bonchev–Trinajstić information content (AvgIpc) is 2.67. The van der Waals surface area contributed by atoms with Gasteiger partial charge in [-0.2, -0.15) is 0 Å². The summed E-state index contributed by atoms with van der Waals surface area (Å²) in [6, 6.07) is 0. The van der Waals surface area contributed by atoms with Crippen LogP contribution in [0, 0.1) is 6.92 Å². The molecule has 0 saturated heterocycles. The van der Waals surface area contributed by atoms with Gasteiger partial charge in [-0.1, -0.05) is 11.3 Å². The van der Waals surface area contributed by atoms with Gasteiger partial charge in [0.1, 0.15) is 11.6 Å². The number of carbonyl (C=O) groups is 2. The van der Waals surface area contributed by atoms with Gasteiger partial charge in [-0.15, -0.1) is 22.0 Å². The van der Waals surface area contributed by atoms with Gasteiger partial charge in [0.2, 0.25) is 16.9 Å². The number of anilines is 1. The van der Waals surface area contributed by atoms with Crippen molar-refractivity contribution in [3.05, 3.63) is 16.6 Å². The first-order valence-corrected chi connectivity index (χ1v) is 6.69. The number of aromatic nitrogens is 2. The third kappa shape index (κ3) is 3.27. The van der Waals surface area contributed by atoms with Crippen LogP contribution in [0.1, 0.15) is 5.01 Å². The molecule has 0 bridgehead atoms. The van der Waals surface area contributed by atoms with E-state index >= 15 is 0 Å². The van der Waals surface area contributed by atoms with Crippen molar-refractivity contribution in [2.24, 2.45) is 0 Å². The van der Waals surface area contributed by atoms with E-state index in [0.717, 1.165) is 5.01 Å². The van der Waals surface area contributed by atoms with Crippen LogP contribution in [0.5, 0.6) is 0 Å². The highest BCUT2D eigenvalue weighted by Gasteiger charge is 2.18. The summed E-state index contributed by atoms with van der Waals surface area (Å²) in [7, 11) is 0. The van der Waals surface area contributed by atoms with Crippen LogP contribution in [0.4, 0.5) is 5.13 Å². The van der Waals surface area contributed by atoms with Crippen LogP contribution in [0.2, 0.25) is 0 Å². The van der Waals surface area contributed by atoms with E-state index in [1.807, 2.05) is 0 Å². The summed E-state index contributed by atoms with van der Waals surface area (Å²) in [5.41, 5.74) is 0. The van der Waals surface area contributed by atoms with Gasteiger partial charge in [0.15, 0.2) is 0 Å². The van der Waals surface area contributed by atoms with Crippen molar-refractivity contribution in [2.75, 3.05) is 17.6 Å². The number of amides is 2. The van der Waals surface area contributed by atoms with Crippen molar-refractivity contribution in [3.63, 3.8) is 0 Å². The first-order chi connectivity index (χ1) is 8.15. The summed E-state index contributed by atoms with van der Waals surface area (Å²) in [6.07, 6.45) is 1.61. The summed E-state index contributed by atoms with van der Waals surface area (Å²) >= 11 is 2.72. The Morgan fingerprint density at radius 1 is 1.59 bits per heavy atom. The lowest BCUT2D eigenvalue weighted by Gasteiger charge is -2.19. The highest BCUT2D eigenvalue weighted by Crippen LogP contribution is 2.15. The molecule has 1 aliphatic heterocycles. The second kappa shape index (κ2) is 5.28. The molecule has 17 heavy (non-hydrogen) atoms. The van der Waals surface area contributed by atoms with Crippen molar-refractivity contribution in [2.45, 2.75) is 6.92 Å². The minimum atomic E-state index is -0.272. The van der Waals surface area contributed by atoms with Gasteiger partial charge in [-0.3, -0.25) is 14.9 Å². The van der Waals surface area contributed by atoms with Crippen LogP contribution in [-0.4, -0.2) is 39.2 Å². The normalized spacial score (nSPS) is 15.1. The topological polar surface area (TPSA) is 75.2 Å². The first kappa shape index (κ1) is 12.1. The van der Waals surface area contributed by atoms with E-state index in [4.69, 9.17) is 0 Å². The molecule has 8 heteroatoms. The van der Waals surface area contributed by atoms with Crippen LogP contribution in [0.3, 0.4) is 0 Å². The van der Waals surface area contributed by atoms with Gasteiger partial charge in [0.05, 0.1) is 5.75 Å². The molecule has 2 amide bonds. The van der Waals surface area contributed by atoms with Crippen molar-refractivity contribution < 1.29 is 9.59 Å². The monoisotopic (exact) mass is 270 g/mol. The van der Waals surface area contributed by atoms with Crippen LogP contribution in [0.15, 0.2) is 11.6 Å². The molecule has 2 rings (SSSR count). The van der Waals surface area contributed by atoms with Gasteiger partial charge in [-0.25, -0.2) is 0 Å². The number of hydrogen-bond donors (Lipinski definition) is 1. The molecule has 0 spiro atoms. The molecule has 0 atom stereocenters. The minimum Gasteiger partial charge on any atom is -0.308 e. The summed E-state index contributed by atoms with van der Waals surface area (Å²) in [4.78, 5) is 24.5. The lowest BCUT2D eigenvalue weighted by atomic mass is 10.4. The SMILES string of the molecule is Cc1nnc(NC(=O)CN2C=CSCC2=O)s1. The van der Waals surface area contributed by atoms with Gasteiger partial charge in [-0.05, 0) is 12.3 Å². The lowest BCUT2D eigenvalue weighted by Crippen LogP contribution is -2.36. The highest BCUT2D eigenvalue weighted by molar-refractivity contribution is 8.02. The quantitative estimate of drug-likeness (QED) is 0.880. The summed E-state index contributed by atoms with van der Waals surface area (Å²) in [5.74, 6) is 0.0361. The molecule has 1 N–H and O–H groups in total. The van der Waals surface area contributed by atoms with Crippen molar-refractivity contribution in [3.8, 4) is 0 Å². The molecule has 1 aliphatic rings. The molecule has 0 aromatic carbocycles. The maximum absolute atomic E-state index is 11.6. The summed E-state index contributed by atoms with van der Waals surface area (Å²) < 4.78 is 0. The van der Waals surface area contributed by atoms with Crippen molar-refractivity contribution in [1.29, 1.82) is 0 Å². The molecular formula is C9H10N4O2S2. The summed E-state index contributed by atoms with van der Waals surface area (Å²) in [6.45, 7) is 1.82. The zero-order chi connectivity index (χ0) is 12.3. The Hall–Kier alpha value is -1.41. The van der Waals surface area contributed by atoms with Crippen LogP contribution >= 0.6 is 23.1 Å². The van der Waals surface area contributed by atoms with Crippen LogP contribution < -0.4 is 5.32 Å². The zero-order valence-corrected chi connectivity index (χ0v) is 10.7. The Bertz CT molecular complexity index is 471. The van der Waals surface area contributed by atoms with Gasteiger partial charge < -0.3 is 4.90 Å². The molecule has 90 valence electrons. The Kier molecular flexibility index (Phi) is 3.75. The van der Waals surface area contributed by atoms with Gasteiger partial charge >= 0.3 is 0 Å². The Balaban J connectivity index is 1.91. The molecule has 0 fully saturated rings. The van der Waals surface area contributed by atoms with E-state index in [1.165, 1.54) is 28.0 Å². The number of rotatable bonds is 3. The Labute approximate surface area is 106 Å². The molecule has 1 aromatic rings. The molecule has 1 aromatic heterocycles. The predicted octanol–water partition coefficient (Wildman–Crippen LogP) is 0.832. The van der Waals surface area contributed by atoms with E-state index in [1.54, 1.807) is 18.5 Å². The van der Waals surface area contributed by atoms with E-state index in [9.17, 15) is 9.59 Å². The molecule has 0 unspecified atom stereocenters.